The molecule has 0 spiro atoms. The van der Waals surface area contributed by atoms with E-state index in [1.54, 1.807) is 4.90 Å². The van der Waals surface area contributed by atoms with Crippen LogP contribution in [0.5, 0.6) is 0 Å². The molecule has 118 valence electrons. The Labute approximate surface area is 132 Å². The van der Waals surface area contributed by atoms with Gasteiger partial charge in [0, 0.05) is 25.3 Å². The number of carbonyl (C=O) groups excluding carboxylic acids is 2. The first-order valence-electron chi connectivity index (χ1n) is 8.42. The molecular weight excluding hydrogens is 276 g/mol. The minimum atomic E-state index is -0.0543. The smallest absolute Gasteiger partial charge is 0.236 e. The van der Waals surface area contributed by atoms with Gasteiger partial charge in [0.25, 0.3) is 0 Å². The molecule has 0 saturated carbocycles. The van der Waals surface area contributed by atoms with Gasteiger partial charge in [-0.15, -0.1) is 0 Å². The van der Waals surface area contributed by atoms with Gasteiger partial charge in [0.2, 0.25) is 11.8 Å². The fourth-order valence-electron chi connectivity index (χ4n) is 3.45. The predicted octanol–water partition coefficient (Wildman–Crippen LogP) is 2.76. The summed E-state index contributed by atoms with van der Waals surface area (Å²) in [6, 6.07) is 8.03. The highest BCUT2D eigenvalue weighted by atomic mass is 16.2. The van der Waals surface area contributed by atoms with Crippen LogP contribution in [0.15, 0.2) is 24.3 Å². The summed E-state index contributed by atoms with van der Waals surface area (Å²) < 4.78 is 0. The fourth-order valence-corrected chi connectivity index (χ4v) is 3.45. The molecule has 4 heteroatoms. The Morgan fingerprint density at radius 3 is 2.36 bits per heavy atom. The molecule has 0 radical (unpaired) electrons. The van der Waals surface area contributed by atoms with Crippen molar-refractivity contribution in [2.75, 3.05) is 24.5 Å². The van der Waals surface area contributed by atoms with Crippen molar-refractivity contribution in [2.45, 2.75) is 44.9 Å². The third-order valence-electron chi connectivity index (χ3n) is 4.67. The molecule has 4 nitrogen and oxygen atoms in total. The van der Waals surface area contributed by atoms with Crippen LogP contribution in [-0.2, 0) is 16.0 Å². The van der Waals surface area contributed by atoms with Crippen LogP contribution in [0.4, 0.5) is 5.69 Å². The number of hydrogen-bond donors (Lipinski definition) is 0. The van der Waals surface area contributed by atoms with E-state index in [4.69, 9.17) is 0 Å². The van der Waals surface area contributed by atoms with Crippen molar-refractivity contribution in [2.24, 2.45) is 0 Å². The van der Waals surface area contributed by atoms with Gasteiger partial charge in [-0.25, -0.2) is 0 Å². The van der Waals surface area contributed by atoms with Crippen molar-refractivity contribution in [1.29, 1.82) is 0 Å². The monoisotopic (exact) mass is 300 g/mol. The lowest BCUT2D eigenvalue weighted by molar-refractivity contribution is -0.135. The van der Waals surface area contributed by atoms with Crippen molar-refractivity contribution in [3.63, 3.8) is 0 Å². The van der Waals surface area contributed by atoms with Gasteiger partial charge in [-0.3, -0.25) is 9.59 Å². The summed E-state index contributed by atoms with van der Waals surface area (Å²) in [5.41, 5.74) is 2.20. The van der Waals surface area contributed by atoms with Crippen molar-refractivity contribution in [3.05, 3.63) is 29.8 Å². The molecule has 1 aromatic rings. The number of benzene rings is 1. The van der Waals surface area contributed by atoms with Crippen LogP contribution in [0.2, 0.25) is 0 Å². The first-order valence-corrected chi connectivity index (χ1v) is 8.42. The highest BCUT2D eigenvalue weighted by Crippen LogP contribution is 2.27. The third kappa shape index (κ3) is 3.32. The highest BCUT2D eigenvalue weighted by Gasteiger charge is 2.26. The number of likely N-dealkylation sites (tertiary alicyclic amines) is 1. The van der Waals surface area contributed by atoms with E-state index >= 15 is 0 Å². The van der Waals surface area contributed by atoms with E-state index in [1.807, 2.05) is 23.1 Å². The minimum Gasteiger partial charge on any atom is -0.342 e. The Hall–Kier alpha value is -1.84. The Kier molecular flexibility index (Phi) is 4.76. The van der Waals surface area contributed by atoms with Crippen molar-refractivity contribution in [3.8, 4) is 0 Å². The molecule has 1 saturated heterocycles. The number of carbonyl (C=O) groups is 2. The predicted molar refractivity (Wildman–Crippen MR) is 86.8 cm³/mol. The molecule has 3 rings (SSSR count). The van der Waals surface area contributed by atoms with Crippen LogP contribution in [0.25, 0.3) is 0 Å². The molecule has 0 N–H and O–H groups in total. The van der Waals surface area contributed by atoms with E-state index < -0.39 is 0 Å². The summed E-state index contributed by atoms with van der Waals surface area (Å²) >= 11 is 0. The maximum absolute atomic E-state index is 12.6. The van der Waals surface area contributed by atoms with Crippen LogP contribution >= 0.6 is 0 Å². The second-order valence-corrected chi connectivity index (χ2v) is 6.25. The van der Waals surface area contributed by atoms with Gasteiger partial charge < -0.3 is 9.80 Å². The number of nitrogens with zero attached hydrogens (tertiary/aromatic N) is 2. The van der Waals surface area contributed by atoms with Gasteiger partial charge in [-0.2, -0.15) is 0 Å². The average molecular weight is 300 g/mol. The normalized spacial score (nSPS) is 18.5. The molecule has 0 aliphatic carbocycles. The zero-order valence-corrected chi connectivity index (χ0v) is 13.1. The molecule has 1 fully saturated rings. The molecule has 2 aliphatic rings. The number of rotatable bonds is 2. The van der Waals surface area contributed by atoms with Crippen LogP contribution in [0.1, 0.15) is 44.1 Å². The Balaban J connectivity index is 1.66. The second kappa shape index (κ2) is 6.95. The third-order valence-corrected chi connectivity index (χ3v) is 4.67. The van der Waals surface area contributed by atoms with E-state index in [-0.39, 0.29) is 18.2 Å². The Morgan fingerprint density at radius 1 is 0.864 bits per heavy atom. The van der Waals surface area contributed by atoms with E-state index in [2.05, 4.69) is 6.07 Å². The lowest BCUT2D eigenvalue weighted by Gasteiger charge is -2.30. The number of amides is 2. The molecule has 22 heavy (non-hydrogen) atoms. The lowest BCUT2D eigenvalue weighted by atomic mass is 10.0. The van der Waals surface area contributed by atoms with Crippen molar-refractivity contribution >= 4 is 17.5 Å². The zero-order valence-electron chi connectivity index (χ0n) is 13.1. The lowest BCUT2D eigenvalue weighted by Crippen LogP contribution is -2.40. The van der Waals surface area contributed by atoms with Gasteiger partial charge in [0.1, 0.15) is 6.42 Å². The van der Waals surface area contributed by atoms with Crippen LogP contribution in [-0.4, -0.2) is 36.3 Å². The fraction of sp³-hybridized carbons (Fsp3) is 0.556. The maximum atomic E-state index is 12.6. The summed E-state index contributed by atoms with van der Waals surface area (Å²) in [4.78, 5) is 28.6. The van der Waals surface area contributed by atoms with Crippen LogP contribution in [0, 0.1) is 0 Å². The van der Waals surface area contributed by atoms with Crippen molar-refractivity contribution < 1.29 is 9.59 Å². The molecule has 2 aliphatic heterocycles. The molecule has 2 heterocycles. The molecule has 0 bridgehead atoms. The van der Waals surface area contributed by atoms with E-state index in [9.17, 15) is 9.59 Å². The first kappa shape index (κ1) is 15.1. The average Bonchev–Trinajstić information content (AvgIpc) is 2.83. The summed E-state index contributed by atoms with van der Waals surface area (Å²) in [6.45, 7) is 2.34. The number of anilines is 1. The highest BCUT2D eigenvalue weighted by molar-refractivity contribution is 6.05. The van der Waals surface area contributed by atoms with Gasteiger partial charge in [-0.1, -0.05) is 31.0 Å². The summed E-state index contributed by atoms with van der Waals surface area (Å²) in [5, 5.41) is 0. The SMILES string of the molecule is O=C(CC(=O)N1CCCc2ccccc21)N1CCCCCC1. The molecule has 0 atom stereocenters. The Bertz CT molecular complexity index is 548. The van der Waals surface area contributed by atoms with Crippen molar-refractivity contribution in [1.82, 2.24) is 4.90 Å². The van der Waals surface area contributed by atoms with Gasteiger partial charge in [-0.05, 0) is 37.3 Å². The van der Waals surface area contributed by atoms with E-state index in [0.29, 0.717) is 0 Å². The first-order chi connectivity index (χ1) is 10.8. The number of fused-ring (bicyclic) bond motifs is 1. The maximum Gasteiger partial charge on any atom is 0.236 e. The molecule has 2 amide bonds. The molecule has 0 aromatic heterocycles. The molecule has 1 aromatic carbocycles. The van der Waals surface area contributed by atoms with Gasteiger partial charge >= 0.3 is 0 Å². The number of hydrogen-bond acceptors (Lipinski definition) is 2. The van der Waals surface area contributed by atoms with E-state index in [1.165, 1.54) is 18.4 Å². The largest absolute Gasteiger partial charge is 0.342 e. The van der Waals surface area contributed by atoms with Gasteiger partial charge in [0.05, 0.1) is 0 Å². The summed E-state index contributed by atoms with van der Waals surface area (Å²) in [5.74, 6) is -0.0589. The summed E-state index contributed by atoms with van der Waals surface area (Å²) in [7, 11) is 0. The minimum absolute atomic E-state index is 0.00467. The standard InChI is InChI=1S/C18H24N2O2/c21-17(19-11-5-1-2-6-12-19)14-18(22)20-13-7-9-15-8-3-4-10-16(15)20/h3-4,8,10H,1-2,5-7,9,11-14H2. The summed E-state index contributed by atoms with van der Waals surface area (Å²) in [6.07, 6.45) is 6.50. The Morgan fingerprint density at radius 2 is 1.59 bits per heavy atom. The van der Waals surface area contributed by atoms with Crippen LogP contribution in [0.3, 0.4) is 0 Å². The second-order valence-electron chi connectivity index (χ2n) is 6.25. The quantitative estimate of drug-likeness (QED) is 0.788. The zero-order chi connectivity index (χ0) is 15.4. The number of aryl methyl sites for hydroxylation is 1. The van der Waals surface area contributed by atoms with Gasteiger partial charge in [0.15, 0.2) is 0 Å². The molecule has 0 unspecified atom stereocenters. The van der Waals surface area contributed by atoms with E-state index in [0.717, 1.165) is 51.0 Å². The van der Waals surface area contributed by atoms with Crippen LogP contribution < -0.4 is 4.90 Å². The molecular formula is C18H24N2O2. The topological polar surface area (TPSA) is 40.6 Å². The number of para-hydroxylation sites is 1.